The molecule has 0 aliphatic carbocycles. The van der Waals surface area contributed by atoms with Crippen LogP contribution >= 0.6 is 0 Å². The summed E-state index contributed by atoms with van der Waals surface area (Å²) in [6, 6.07) is 6.00. The Balaban J connectivity index is 2.59. The van der Waals surface area contributed by atoms with Gasteiger partial charge in [-0.3, -0.25) is 4.79 Å². The first kappa shape index (κ1) is 16.5. The Morgan fingerprint density at radius 1 is 1.25 bits per heavy atom. The van der Waals surface area contributed by atoms with E-state index in [1.165, 1.54) is 0 Å². The third-order valence-corrected chi connectivity index (χ3v) is 3.07. The average molecular weight is 278 g/mol. The van der Waals surface area contributed by atoms with Gasteiger partial charge in [0.05, 0.1) is 0 Å². The smallest absolute Gasteiger partial charge is 0.251 e. The predicted molar refractivity (Wildman–Crippen MR) is 83.2 cm³/mol. The van der Waals surface area contributed by atoms with Crippen LogP contribution in [0.3, 0.4) is 0 Å². The summed E-state index contributed by atoms with van der Waals surface area (Å²) in [7, 11) is 0. The molecule has 0 aliphatic heterocycles. The molecule has 3 N–H and O–H groups in total. The van der Waals surface area contributed by atoms with E-state index in [4.69, 9.17) is 5.11 Å². The van der Waals surface area contributed by atoms with Crippen molar-refractivity contribution in [2.45, 2.75) is 46.1 Å². The lowest BCUT2D eigenvalue weighted by Crippen LogP contribution is -2.30. The predicted octanol–water partition coefficient (Wildman–Crippen LogP) is 2.71. The third kappa shape index (κ3) is 5.61. The molecule has 0 aliphatic rings. The van der Waals surface area contributed by atoms with Crippen molar-refractivity contribution >= 4 is 11.6 Å². The normalized spacial score (nSPS) is 10.7. The number of carbonyl (C=O) groups is 1. The molecule has 1 rings (SSSR count). The molecule has 4 nitrogen and oxygen atoms in total. The summed E-state index contributed by atoms with van der Waals surface area (Å²) in [5.74, 6) is -0.0265. The zero-order chi connectivity index (χ0) is 15.0. The first-order valence-electron chi connectivity index (χ1n) is 7.31. The number of carbonyl (C=O) groups excluding carboxylic acids is 1. The Labute approximate surface area is 121 Å². The van der Waals surface area contributed by atoms with E-state index >= 15 is 0 Å². The highest BCUT2D eigenvalue weighted by molar-refractivity contribution is 5.96. The first-order valence-corrected chi connectivity index (χ1v) is 7.31. The van der Waals surface area contributed by atoms with Crippen molar-refractivity contribution in [1.82, 2.24) is 5.32 Å². The number of aliphatic hydroxyl groups is 1. The summed E-state index contributed by atoms with van der Waals surface area (Å²) in [4.78, 5) is 12.1. The maximum Gasteiger partial charge on any atom is 0.251 e. The van der Waals surface area contributed by atoms with Gasteiger partial charge in [-0.25, -0.2) is 0 Å². The summed E-state index contributed by atoms with van der Waals surface area (Å²) in [6.07, 6.45) is 2.87. The van der Waals surface area contributed by atoms with E-state index in [-0.39, 0.29) is 18.6 Å². The number of rotatable bonds is 8. The van der Waals surface area contributed by atoms with Crippen molar-refractivity contribution in [3.05, 3.63) is 29.3 Å². The minimum Gasteiger partial charge on any atom is -0.396 e. The highest BCUT2D eigenvalue weighted by Crippen LogP contribution is 2.15. The van der Waals surface area contributed by atoms with Crippen LogP contribution in [-0.2, 0) is 0 Å². The van der Waals surface area contributed by atoms with Gasteiger partial charge in [0.1, 0.15) is 0 Å². The van der Waals surface area contributed by atoms with Crippen LogP contribution in [0.2, 0.25) is 0 Å². The quantitative estimate of drug-likeness (QED) is 0.641. The first-order chi connectivity index (χ1) is 9.54. The highest BCUT2D eigenvalue weighted by atomic mass is 16.2. The van der Waals surface area contributed by atoms with Crippen LogP contribution in [0, 0.1) is 6.92 Å². The molecule has 0 saturated heterocycles. The van der Waals surface area contributed by atoms with E-state index in [2.05, 4.69) is 10.6 Å². The van der Waals surface area contributed by atoms with Crippen molar-refractivity contribution in [2.75, 3.05) is 18.5 Å². The molecule has 0 radical (unpaired) electrons. The maximum atomic E-state index is 12.1. The summed E-state index contributed by atoms with van der Waals surface area (Å²) in [5, 5.41) is 15.0. The zero-order valence-corrected chi connectivity index (χ0v) is 12.7. The lowest BCUT2D eigenvalue weighted by atomic mass is 10.1. The Morgan fingerprint density at radius 2 is 2.00 bits per heavy atom. The van der Waals surface area contributed by atoms with Crippen LogP contribution in [0.25, 0.3) is 0 Å². The number of unbranched alkanes of at least 4 members (excludes halogenated alkanes) is 2. The second-order valence-electron chi connectivity index (χ2n) is 5.37. The van der Waals surface area contributed by atoms with Crippen molar-refractivity contribution in [1.29, 1.82) is 0 Å². The summed E-state index contributed by atoms with van der Waals surface area (Å²) >= 11 is 0. The van der Waals surface area contributed by atoms with Crippen LogP contribution in [0.15, 0.2) is 18.2 Å². The van der Waals surface area contributed by atoms with Crippen molar-refractivity contribution in [2.24, 2.45) is 0 Å². The van der Waals surface area contributed by atoms with E-state index in [9.17, 15) is 4.79 Å². The van der Waals surface area contributed by atoms with Crippen molar-refractivity contribution in [3.8, 4) is 0 Å². The molecular formula is C16H26N2O2. The molecule has 1 aromatic rings. The van der Waals surface area contributed by atoms with Gasteiger partial charge in [-0.2, -0.15) is 0 Å². The van der Waals surface area contributed by atoms with E-state index < -0.39 is 0 Å². The largest absolute Gasteiger partial charge is 0.396 e. The molecule has 4 heteroatoms. The molecule has 0 aromatic heterocycles. The van der Waals surface area contributed by atoms with E-state index in [1.807, 2.05) is 39.0 Å². The summed E-state index contributed by atoms with van der Waals surface area (Å²) in [5.41, 5.74) is 2.67. The zero-order valence-electron chi connectivity index (χ0n) is 12.7. The Morgan fingerprint density at radius 3 is 2.65 bits per heavy atom. The fourth-order valence-electron chi connectivity index (χ4n) is 1.96. The Hall–Kier alpha value is -1.55. The number of hydrogen-bond donors (Lipinski definition) is 3. The topological polar surface area (TPSA) is 61.4 Å². The van der Waals surface area contributed by atoms with Crippen molar-refractivity contribution < 1.29 is 9.90 Å². The van der Waals surface area contributed by atoms with Gasteiger partial charge < -0.3 is 15.7 Å². The van der Waals surface area contributed by atoms with Crippen LogP contribution in [0.5, 0.6) is 0 Å². The minimum absolute atomic E-state index is 0.0265. The van der Waals surface area contributed by atoms with Gasteiger partial charge in [0.2, 0.25) is 0 Å². The average Bonchev–Trinajstić information content (AvgIpc) is 2.39. The third-order valence-electron chi connectivity index (χ3n) is 3.07. The monoisotopic (exact) mass is 278 g/mol. The second-order valence-corrected chi connectivity index (χ2v) is 5.37. The van der Waals surface area contributed by atoms with Gasteiger partial charge in [0, 0.05) is 30.4 Å². The molecule has 20 heavy (non-hydrogen) atoms. The van der Waals surface area contributed by atoms with Crippen LogP contribution in [0.4, 0.5) is 5.69 Å². The Bertz CT molecular complexity index is 430. The molecule has 0 atom stereocenters. The van der Waals surface area contributed by atoms with E-state index in [0.29, 0.717) is 0 Å². The molecule has 0 bridgehead atoms. The lowest BCUT2D eigenvalue weighted by Gasteiger charge is -2.13. The Kier molecular flexibility index (Phi) is 7.09. The highest BCUT2D eigenvalue weighted by Gasteiger charge is 2.10. The van der Waals surface area contributed by atoms with Gasteiger partial charge in [-0.15, -0.1) is 0 Å². The lowest BCUT2D eigenvalue weighted by molar-refractivity contribution is 0.0942. The van der Waals surface area contributed by atoms with Gasteiger partial charge >= 0.3 is 0 Å². The number of amides is 1. The SMILES string of the molecule is Cc1ccc(NCCCCCO)cc1C(=O)NC(C)C. The van der Waals surface area contributed by atoms with Crippen LogP contribution < -0.4 is 10.6 Å². The number of nitrogens with one attached hydrogen (secondary N) is 2. The minimum atomic E-state index is -0.0265. The maximum absolute atomic E-state index is 12.1. The summed E-state index contributed by atoms with van der Waals surface area (Å²) < 4.78 is 0. The number of benzene rings is 1. The number of hydrogen-bond acceptors (Lipinski definition) is 3. The molecule has 0 unspecified atom stereocenters. The molecular weight excluding hydrogens is 252 g/mol. The number of aliphatic hydroxyl groups excluding tert-OH is 1. The van der Waals surface area contributed by atoms with Crippen LogP contribution in [0.1, 0.15) is 49.0 Å². The number of anilines is 1. The van der Waals surface area contributed by atoms with E-state index in [0.717, 1.165) is 42.6 Å². The molecule has 112 valence electrons. The molecule has 0 fully saturated rings. The molecule has 0 heterocycles. The van der Waals surface area contributed by atoms with Crippen molar-refractivity contribution in [3.63, 3.8) is 0 Å². The van der Waals surface area contributed by atoms with Gasteiger partial charge in [0.25, 0.3) is 5.91 Å². The fourth-order valence-corrected chi connectivity index (χ4v) is 1.96. The molecule has 1 aromatic carbocycles. The van der Waals surface area contributed by atoms with Gasteiger partial charge in [0.15, 0.2) is 0 Å². The van der Waals surface area contributed by atoms with E-state index in [1.54, 1.807) is 0 Å². The fraction of sp³-hybridized carbons (Fsp3) is 0.562. The standard InChI is InChI=1S/C16H26N2O2/c1-12(2)18-16(20)15-11-14(8-7-13(15)3)17-9-5-4-6-10-19/h7-8,11-12,17,19H,4-6,9-10H2,1-3H3,(H,18,20). The van der Waals surface area contributed by atoms with Gasteiger partial charge in [-0.05, 0) is 57.7 Å². The van der Waals surface area contributed by atoms with Gasteiger partial charge in [-0.1, -0.05) is 6.07 Å². The second kappa shape index (κ2) is 8.59. The molecule has 1 amide bonds. The molecule has 0 saturated carbocycles. The molecule has 0 spiro atoms. The van der Waals surface area contributed by atoms with Crippen LogP contribution in [-0.4, -0.2) is 30.2 Å². The number of aryl methyl sites for hydroxylation is 1. The summed E-state index contributed by atoms with van der Waals surface area (Å²) in [6.45, 7) is 6.96.